The van der Waals surface area contributed by atoms with E-state index in [-0.39, 0.29) is 0 Å². The van der Waals surface area contributed by atoms with Crippen molar-refractivity contribution in [3.05, 3.63) is 36.5 Å². The first kappa shape index (κ1) is 18.2. The van der Waals surface area contributed by atoms with E-state index >= 15 is 0 Å². The summed E-state index contributed by atoms with van der Waals surface area (Å²) in [6.45, 7) is 4.45. The maximum atomic E-state index is 2.35. The lowest BCUT2D eigenvalue weighted by atomic mass is 10.1. The molecule has 0 heterocycles. The van der Waals surface area contributed by atoms with E-state index in [0.717, 1.165) is 19.3 Å². The average Bonchev–Trinajstić information content (AvgIpc) is 2.43. The van der Waals surface area contributed by atoms with Gasteiger partial charge < -0.3 is 0 Å². The van der Waals surface area contributed by atoms with E-state index in [1.807, 2.05) is 0 Å². The summed E-state index contributed by atoms with van der Waals surface area (Å²) in [5.41, 5.74) is 0. The molecule has 0 spiro atoms. The van der Waals surface area contributed by atoms with Crippen LogP contribution in [0.4, 0.5) is 0 Å². The van der Waals surface area contributed by atoms with Crippen molar-refractivity contribution in [3.63, 3.8) is 0 Å². The average molecular weight is 262 g/mol. The highest BCUT2D eigenvalue weighted by Crippen LogP contribution is 2.08. The van der Waals surface area contributed by atoms with Crippen LogP contribution in [0, 0.1) is 0 Å². The summed E-state index contributed by atoms with van der Waals surface area (Å²) >= 11 is 0. The maximum Gasteiger partial charge on any atom is -0.0169 e. The van der Waals surface area contributed by atoms with Crippen LogP contribution in [0.2, 0.25) is 0 Å². The topological polar surface area (TPSA) is 0 Å². The van der Waals surface area contributed by atoms with Crippen LogP contribution in [-0.2, 0) is 0 Å². The molecular weight excluding hydrogens is 228 g/mol. The van der Waals surface area contributed by atoms with Crippen LogP contribution in [0.1, 0.15) is 84.5 Å². The minimum absolute atomic E-state index is 1.08. The van der Waals surface area contributed by atoms with Crippen LogP contribution in [0.25, 0.3) is 0 Å². The molecule has 0 unspecified atom stereocenters. The van der Waals surface area contributed by atoms with Crippen molar-refractivity contribution in [2.75, 3.05) is 0 Å². The first-order chi connectivity index (χ1) is 9.41. The minimum Gasteiger partial charge on any atom is -0.0885 e. The van der Waals surface area contributed by atoms with Gasteiger partial charge in [0.05, 0.1) is 0 Å². The molecule has 0 heteroatoms. The van der Waals surface area contributed by atoms with Gasteiger partial charge in [-0.05, 0) is 32.1 Å². The molecule has 0 bridgehead atoms. The maximum absolute atomic E-state index is 2.35. The van der Waals surface area contributed by atoms with Gasteiger partial charge in [0.25, 0.3) is 0 Å². The van der Waals surface area contributed by atoms with E-state index in [2.05, 4.69) is 50.3 Å². The summed E-state index contributed by atoms with van der Waals surface area (Å²) in [4.78, 5) is 0. The lowest BCUT2D eigenvalue weighted by molar-refractivity contribution is 0.592. The summed E-state index contributed by atoms with van der Waals surface area (Å²) in [5.74, 6) is 0. The van der Waals surface area contributed by atoms with Crippen molar-refractivity contribution in [1.82, 2.24) is 0 Å². The van der Waals surface area contributed by atoms with Crippen LogP contribution in [0.15, 0.2) is 36.5 Å². The molecule has 0 saturated heterocycles. The number of unbranched alkanes of at least 4 members (excludes halogenated alkanes) is 7. The third-order valence-electron chi connectivity index (χ3n) is 3.25. The van der Waals surface area contributed by atoms with E-state index in [9.17, 15) is 0 Å². The molecule has 0 amide bonds. The van der Waals surface area contributed by atoms with E-state index < -0.39 is 0 Å². The third-order valence-corrected chi connectivity index (χ3v) is 3.25. The van der Waals surface area contributed by atoms with Crippen molar-refractivity contribution in [3.8, 4) is 0 Å². The number of allylic oxidation sites excluding steroid dienone is 6. The van der Waals surface area contributed by atoms with Crippen LogP contribution in [-0.4, -0.2) is 0 Å². The molecule has 0 aliphatic carbocycles. The fourth-order valence-corrected chi connectivity index (χ4v) is 2.05. The molecule has 0 fully saturated rings. The summed E-state index contributed by atoms with van der Waals surface area (Å²) in [5, 5.41) is 0. The molecule has 0 nitrogen and oxygen atoms in total. The molecule has 110 valence electrons. The monoisotopic (exact) mass is 262 g/mol. The number of hydrogen-bond donors (Lipinski definition) is 0. The molecule has 0 aromatic carbocycles. The van der Waals surface area contributed by atoms with Crippen molar-refractivity contribution in [2.45, 2.75) is 84.5 Å². The van der Waals surface area contributed by atoms with Crippen molar-refractivity contribution < 1.29 is 0 Å². The van der Waals surface area contributed by atoms with Gasteiger partial charge >= 0.3 is 0 Å². The zero-order valence-corrected chi connectivity index (χ0v) is 13.2. The van der Waals surface area contributed by atoms with Crippen LogP contribution in [0.3, 0.4) is 0 Å². The Morgan fingerprint density at radius 1 is 0.526 bits per heavy atom. The summed E-state index contributed by atoms with van der Waals surface area (Å²) in [6.07, 6.45) is 28.0. The summed E-state index contributed by atoms with van der Waals surface area (Å²) in [6, 6.07) is 0. The van der Waals surface area contributed by atoms with Gasteiger partial charge in [0, 0.05) is 0 Å². The third kappa shape index (κ3) is 17.2. The smallest absolute Gasteiger partial charge is 0.0169 e. The predicted octanol–water partition coefficient (Wildman–Crippen LogP) is 6.99. The Morgan fingerprint density at radius 3 is 1.68 bits per heavy atom. The first-order valence-corrected chi connectivity index (χ1v) is 8.36. The normalized spacial score (nSPS) is 12.3. The lowest BCUT2D eigenvalue weighted by Gasteiger charge is -1.98. The number of hydrogen-bond acceptors (Lipinski definition) is 0. The highest BCUT2D eigenvalue weighted by Gasteiger charge is 1.88. The SMILES string of the molecule is CC/C=C/C/C=C\C/C=C\CCCCCCCCC. The zero-order valence-electron chi connectivity index (χ0n) is 13.2. The molecule has 0 atom stereocenters. The summed E-state index contributed by atoms with van der Waals surface area (Å²) in [7, 11) is 0. The Kier molecular flexibility index (Phi) is 16.5. The first-order valence-electron chi connectivity index (χ1n) is 8.36. The van der Waals surface area contributed by atoms with Crippen molar-refractivity contribution >= 4 is 0 Å². The van der Waals surface area contributed by atoms with Crippen LogP contribution < -0.4 is 0 Å². The second-order valence-electron chi connectivity index (χ2n) is 5.20. The van der Waals surface area contributed by atoms with Gasteiger partial charge in [0.15, 0.2) is 0 Å². The van der Waals surface area contributed by atoms with E-state index in [4.69, 9.17) is 0 Å². The Bertz CT molecular complexity index is 232. The molecule has 0 N–H and O–H groups in total. The van der Waals surface area contributed by atoms with Gasteiger partial charge in [-0.1, -0.05) is 88.8 Å². The highest BCUT2D eigenvalue weighted by molar-refractivity contribution is 4.96. The molecule has 0 saturated carbocycles. The van der Waals surface area contributed by atoms with Gasteiger partial charge in [-0.3, -0.25) is 0 Å². The molecule has 19 heavy (non-hydrogen) atoms. The van der Waals surface area contributed by atoms with Gasteiger partial charge in [-0.2, -0.15) is 0 Å². The van der Waals surface area contributed by atoms with Crippen LogP contribution in [0.5, 0.6) is 0 Å². The number of rotatable bonds is 13. The fourth-order valence-electron chi connectivity index (χ4n) is 2.05. The van der Waals surface area contributed by atoms with Gasteiger partial charge in [-0.25, -0.2) is 0 Å². The predicted molar refractivity (Wildman–Crippen MR) is 89.6 cm³/mol. The van der Waals surface area contributed by atoms with Gasteiger partial charge in [0.2, 0.25) is 0 Å². The molecule has 0 aliphatic rings. The Balaban J connectivity index is 3.19. The zero-order chi connectivity index (χ0) is 14.0. The highest BCUT2D eigenvalue weighted by atomic mass is 13.9. The molecular formula is C19H34. The molecule has 0 radical (unpaired) electrons. The molecule has 0 aromatic heterocycles. The fraction of sp³-hybridized carbons (Fsp3) is 0.684. The Labute approximate surface area is 121 Å². The van der Waals surface area contributed by atoms with E-state index in [1.54, 1.807) is 0 Å². The quantitative estimate of drug-likeness (QED) is 0.248. The molecule has 0 aliphatic heterocycles. The standard InChI is InChI=1S/C19H34/c1-3-5-7-9-11-13-15-17-19-18-16-14-12-10-8-6-4-2/h5,7,11,13,17,19H,3-4,6,8-10,12,14-16,18H2,1-2H3/b7-5+,13-11-,19-17-. The van der Waals surface area contributed by atoms with Crippen LogP contribution >= 0.6 is 0 Å². The van der Waals surface area contributed by atoms with Gasteiger partial charge in [0.1, 0.15) is 0 Å². The van der Waals surface area contributed by atoms with E-state index in [1.165, 1.54) is 51.4 Å². The van der Waals surface area contributed by atoms with Gasteiger partial charge in [-0.15, -0.1) is 0 Å². The lowest BCUT2D eigenvalue weighted by Crippen LogP contribution is -1.78. The van der Waals surface area contributed by atoms with E-state index in [0.29, 0.717) is 0 Å². The Morgan fingerprint density at radius 2 is 1.05 bits per heavy atom. The second-order valence-corrected chi connectivity index (χ2v) is 5.20. The summed E-state index contributed by atoms with van der Waals surface area (Å²) < 4.78 is 0. The van der Waals surface area contributed by atoms with Crippen molar-refractivity contribution in [1.29, 1.82) is 0 Å². The largest absolute Gasteiger partial charge is 0.0885 e. The molecule has 0 rings (SSSR count). The molecule has 0 aromatic rings. The Hall–Kier alpha value is -0.780. The second kappa shape index (κ2) is 17.2. The minimum atomic E-state index is 1.08. The van der Waals surface area contributed by atoms with Crippen molar-refractivity contribution in [2.24, 2.45) is 0 Å².